The Morgan fingerprint density at radius 1 is 0.328 bits per heavy atom. The van der Waals surface area contributed by atoms with Crippen molar-refractivity contribution in [2.75, 3.05) is 0 Å². The Morgan fingerprint density at radius 2 is 0.931 bits per heavy atom. The van der Waals surface area contributed by atoms with Crippen LogP contribution in [-0.4, -0.2) is 19.5 Å². The van der Waals surface area contributed by atoms with Crippen molar-refractivity contribution in [3.8, 4) is 51.0 Å². The third-order valence-electron chi connectivity index (χ3n) is 11.4. The molecule has 0 saturated heterocycles. The zero-order valence-corrected chi connectivity index (χ0v) is 31.2. The zero-order valence-electron chi connectivity index (χ0n) is 31.2. The topological polar surface area (TPSA) is 56.7 Å². The molecule has 0 aliphatic rings. The van der Waals surface area contributed by atoms with Crippen molar-refractivity contribution in [3.63, 3.8) is 0 Å². The molecule has 12 aromatic rings. The van der Waals surface area contributed by atoms with Crippen LogP contribution >= 0.6 is 0 Å². The third kappa shape index (κ3) is 5.21. The molecule has 3 heterocycles. The van der Waals surface area contributed by atoms with E-state index in [2.05, 4.69) is 180 Å². The van der Waals surface area contributed by atoms with Crippen LogP contribution in [0.3, 0.4) is 0 Å². The van der Waals surface area contributed by atoms with Gasteiger partial charge in [-0.1, -0.05) is 146 Å². The first-order valence-corrected chi connectivity index (χ1v) is 19.5. The average Bonchev–Trinajstić information content (AvgIpc) is 3.83. The van der Waals surface area contributed by atoms with E-state index in [1.165, 1.54) is 21.5 Å². The van der Waals surface area contributed by atoms with Gasteiger partial charge in [0.15, 0.2) is 17.5 Å². The van der Waals surface area contributed by atoms with Crippen molar-refractivity contribution in [1.82, 2.24) is 19.5 Å². The Hall–Kier alpha value is -7.89. The number of para-hydroxylation sites is 2. The first-order chi connectivity index (χ1) is 28.7. The van der Waals surface area contributed by atoms with Crippen molar-refractivity contribution >= 4 is 65.3 Å². The lowest BCUT2D eigenvalue weighted by Crippen LogP contribution is -2.02. The van der Waals surface area contributed by atoms with Gasteiger partial charge in [-0.25, -0.2) is 15.0 Å². The Bertz CT molecular complexity index is 3580. The number of fused-ring (bicyclic) bond motifs is 8. The zero-order chi connectivity index (χ0) is 38.2. The molecule has 0 N–H and O–H groups in total. The second kappa shape index (κ2) is 12.8. The molecule has 0 bridgehead atoms. The number of rotatable bonds is 5. The molecule has 0 amide bonds. The SMILES string of the molecule is c1ccc(-c2cccc(-c3nc(-c4ccc5ccccc5c4)nc(-c4cc(-n5c6ccccc6c6cc7ccccc7cc65)c5c(c4)oc4ccccc45)n3)c2)cc1. The molecule has 12 rings (SSSR count). The molecule has 0 saturated carbocycles. The summed E-state index contributed by atoms with van der Waals surface area (Å²) in [5.74, 6) is 1.76. The molecular formula is C53H32N4O. The maximum Gasteiger partial charge on any atom is 0.164 e. The Kier molecular flexibility index (Phi) is 7.16. The van der Waals surface area contributed by atoms with Gasteiger partial charge in [-0.3, -0.25) is 0 Å². The highest BCUT2D eigenvalue weighted by Crippen LogP contribution is 2.42. The lowest BCUT2D eigenvalue weighted by Gasteiger charge is -2.14. The Morgan fingerprint density at radius 3 is 1.74 bits per heavy atom. The molecule has 0 aliphatic heterocycles. The van der Waals surface area contributed by atoms with E-state index >= 15 is 0 Å². The minimum atomic E-state index is 0.563. The summed E-state index contributed by atoms with van der Waals surface area (Å²) in [6, 6.07) is 68.1. The summed E-state index contributed by atoms with van der Waals surface area (Å²) < 4.78 is 9.10. The lowest BCUT2D eigenvalue weighted by molar-refractivity contribution is 0.669. The van der Waals surface area contributed by atoms with Gasteiger partial charge in [-0.2, -0.15) is 0 Å². The number of aromatic nitrogens is 4. The number of nitrogens with zero attached hydrogens (tertiary/aromatic N) is 4. The van der Waals surface area contributed by atoms with Gasteiger partial charge in [0.2, 0.25) is 0 Å². The fourth-order valence-corrected chi connectivity index (χ4v) is 8.61. The first kappa shape index (κ1) is 32.4. The van der Waals surface area contributed by atoms with E-state index in [4.69, 9.17) is 19.4 Å². The second-order valence-corrected chi connectivity index (χ2v) is 14.9. The van der Waals surface area contributed by atoms with E-state index in [1.54, 1.807) is 0 Å². The summed E-state index contributed by atoms with van der Waals surface area (Å²) in [6.07, 6.45) is 0. The first-order valence-electron chi connectivity index (χ1n) is 19.5. The van der Waals surface area contributed by atoms with Crippen LogP contribution in [0.1, 0.15) is 0 Å². The van der Waals surface area contributed by atoms with Crippen LogP contribution in [0.5, 0.6) is 0 Å². The van der Waals surface area contributed by atoms with E-state index in [0.29, 0.717) is 17.5 Å². The summed E-state index contributed by atoms with van der Waals surface area (Å²) in [5.41, 5.74) is 9.71. The van der Waals surface area contributed by atoms with Crippen molar-refractivity contribution in [1.29, 1.82) is 0 Å². The van der Waals surface area contributed by atoms with Crippen molar-refractivity contribution in [2.24, 2.45) is 0 Å². The van der Waals surface area contributed by atoms with Gasteiger partial charge in [-0.05, 0) is 81.2 Å². The summed E-state index contributed by atoms with van der Waals surface area (Å²) in [6.45, 7) is 0. The molecular weight excluding hydrogens is 709 g/mol. The fraction of sp³-hybridized carbons (Fsp3) is 0. The van der Waals surface area contributed by atoms with Crippen LogP contribution in [-0.2, 0) is 0 Å². The average molecular weight is 741 g/mol. The van der Waals surface area contributed by atoms with E-state index in [0.717, 1.165) is 77.2 Å². The van der Waals surface area contributed by atoms with Crippen LogP contribution in [0, 0.1) is 0 Å². The monoisotopic (exact) mass is 740 g/mol. The molecule has 0 unspecified atom stereocenters. The van der Waals surface area contributed by atoms with Crippen LogP contribution in [0.4, 0.5) is 0 Å². The van der Waals surface area contributed by atoms with Gasteiger partial charge in [0.25, 0.3) is 0 Å². The van der Waals surface area contributed by atoms with E-state index < -0.39 is 0 Å². The molecule has 5 nitrogen and oxygen atoms in total. The Labute approximate surface area is 333 Å². The quantitative estimate of drug-likeness (QED) is 0.176. The number of hydrogen-bond acceptors (Lipinski definition) is 4. The second-order valence-electron chi connectivity index (χ2n) is 14.9. The van der Waals surface area contributed by atoms with Crippen molar-refractivity contribution < 1.29 is 4.42 Å². The maximum atomic E-state index is 6.71. The predicted octanol–water partition coefficient (Wildman–Crippen LogP) is 13.8. The van der Waals surface area contributed by atoms with Crippen LogP contribution < -0.4 is 0 Å². The van der Waals surface area contributed by atoms with Crippen molar-refractivity contribution in [2.45, 2.75) is 0 Å². The molecule has 270 valence electrons. The highest BCUT2D eigenvalue weighted by Gasteiger charge is 2.22. The molecule has 58 heavy (non-hydrogen) atoms. The molecule has 0 aliphatic carbocycles. The highest BCUT2D eigenvalue weighted by molar-refractivity contribution is 6.17. The van der Waals surface area contributed by atoms with Gasteiger partial charge in [0, 0.05) is 32.8 Å². The smallest absolute Gasteiger partial charge is 0.164 e. The lowest BCUT2D eigenvalue weighted by atomic mass is 10.0. The number of benzene rings is 9. The molecule has 9 aromatic carbocycles. The molecule has 0 atom stereocenters. The highest BCUT2D eigenvalue weighted by atomic mass is 16.3. The van der Waals surface area contributed by atoms with Gasteiger partial charge in [0.05, 0.1) is 22.1 Å². The van der Waals surface area contributed by atoms with Gasteiger partial charge >= 0.3 is 0 Å². The molecule has 5 heteroatoms. The molecule has 0 spiro atoms. The van der Waals surface area contributed by atoms with Gasteiger partial charge < -0.3 is 8.98 Å². The summed E-state index contributed by atoms with van der Waals surface area (Å²) in [4.78, 5) is 15.7. The molecule has 3 aromatic heterocycles. The minimum Gasteiger partial charge on any atom is -0.456 e. The maximum absolute atomic E-state index is 6.71. The van der Waals surface area contributed by atoms with Crippen LogP contribution in [0.25, 0.3) is 116 Å². The standard InChI is InChI=1S/C53H32N4O/c1-2-13-33(14-3-1)36-19-12-20-39(27-36)51-54-52(40-26-25-34-15-4-5-16-35(34)28-40)56-53(55-51)41-31-47(50-43-22-9-11-24-48(43)58-49(50)32-41)57-45-23-10-8-21-42(45)44-29-37-17-6-7-18-38(37)30-46(44)57/h1-32H. The number of hydrogen-bond donors (Lipinski definition) is 0. The predicted molar refractivity (Wildman–Crippen MR) is 238 cm³/mol. The molecule has 0 radical (unpaired) electrons. The van der Waals surface area contributed by atoms with E-state index in [9.17, 15) is 0 Å². The van der Waals surface area contributed by atoms with E-state index in [-0.39, 0.29) is 0 Å². The summed E-state index contributed by atoms with van der Waals surface area (Å²) >= 11 is 0. The minimum absolute atomic E-state index is 0.563. The molecule has 0 fully saturated rings. The normalized spacial score (nSPS) is 11.8. The third-order valence-corrected chi connectivity index (χ3v) is 11.4. The summed E-state index contributed by atoms with van der Waals surface area (Å²) in [7, 11) is 0. The van der Waals surface area contributed by atoms with Crippen LogP contribution in [0.15, 0.2) is 199 Å². The van der Waals surface area contributed by atoms with Gasteiger partial charge in [-0.15, -0.1) is 0 Å². The largest absolute Gasteiger partial charge is 0.456 e. The van der Waals surface area contributed by atoms with E-state index in [1.807, 2.05) is 18.2 Å². The van der Waals surface area contributed by atoms with Crippen LogP contribution in [0.2, 0.25) is 0 Å². The fourth-order valence-electron chi connectivity index (χ4n) is 8.61. The number of furan rings is 1. The Balaban J connectivity index is 1.15. The van der Waals surface area contributed by atoms with Gasteiger partial charge in [0.1, 0.15) is 11.2 Å². The summed E-state index contributed by atoms with van der Waals surface area (Å²) in [5, 5.41) is 9.15. The van der Waals surface area contributed by atoms with Crippen molar-refractivity contribution in [3.05, 3.63) is 194 Å².